The molecule has 0 aromatic heterocycles. The Kier molecular flexibility index (Phi) is 8.34. The first-order valence-corrected chi connectivity index (χ1v) is 10.9. The monoisotopic (exact) mass is 435 g/mol. The van der Waals surface area contributed by atoms with Crippen molar-refractivity contribution in [1.29, 1.82) is 0 Å². The molecular formula is C17H27BrFN3O2S. The summed E-state index contributed by atoms with van der Waals surface area (Å²) in [6, 6.07) is 5.06. The Bertz CT molecular complexity index is 706. The van der Waals surface area contributed by atoms with Crippen molar-refractivity contribution in [3.63, 3.8) is 0 Å². The largest absolute Gasteiger partial charge is 0.357 e. The predicted octanol–water partition coefficient (Wildman–Crippen LogP) is 2.90. The lowest BCUT2D eigenvalue weighted by Gasteiger charge is -2.21. The van der Waals surface area contributed by atoms with Gasteiger partial charge < -0.3 is 10.6 Å². The number of aryl methyl sites for hydroxylation is 1. The Morgan fingerprint density at radius 1 is 1.32 bits per heavy atom. The third-order valence-corrected chi connectivity index (χ3v) is 6.53. The van der Waals surface area contributed by atoms with E-state index in [1.807, 2.05) is 13.0 Å². The molecule has 0 heterocycles. The Balaban J connectivity index is 2.56. The molecule has 5 nitrogen and oxygen atoms in total. The quantitative estimate of drug-likeness (QED) is 0.374. The number of hydrogen-bond donors (Lipinski definition) is 2. The van der Waals surface area contributed by atoms with Gasteiger partial charge in [-0.15, -0.1) is 0 Å². The Morgan fingerprint density at radius 2 is 2.00 bits per heavy atom. The summed E-state index contributed by atoms with van der Waals surface area (Å²) >= 11 is 3.24. The van der Waals surface area contributed by atoms with Crippen molar-refractivity contribution in [3.8, 4) is 0 Å². The maximum atomic E-state index is 13.8. The molecule has 0 bridgehead atoms. The molecule has 0 aliphatic rings. The maximum Gasteiger partial charge on any atom is 0.191 e. The molecular weight excluding hydrogens is 409 g/mol. The smallest absolute Gasteiger partial charge is 0.191 e. The number of aliphatic imine (C=N–C) groups is 1. The van der Waals surface area contributed by atoms with Crippen LogP contribution < -0.4 is 10.6 Å². The summed E-state index contributed by atoms with van der Waals surface area (Å²) in [5.41, 5.74) is 0.671. The molecule has 0 spiro atoms. The molecule has 0 radical (unpaired) electrons. The number of benzene rings is 1. The van der Waals surface area contributed by atoms with E-state index in [1.165, 1.54) is 12.3 Å². The second-order valence-electron chi connectivity index (χ2n) is 6.49. The van der Waals surface area contributed by atoms with Crippen LogP contribution >= 0.6 is 15.9 Å². The van der Waals surface area contributed by atoms with Crippen LogP contribution in [0.2, 0.25) is 0 Å². The number of guanidine groups is 1. The van der Waals surface area contributed by atoms with E-state index in [1.54, 1.807) is 19.9 Å². The van der Waals surface area contributed by atoms with Crippen LogP contribution in [0.3, 0.4) is 0 Å². The van der Waals surface area contributed by atoms with Crippen molar-refractivity contribution in [3.05, 3.63) is 34.1 Å². The van der Waals surface area contributed by atoms with Gasteiger partial charge in [0.2, 0.25) is 0 Å². The molecule has 0 amide bonds. The molecule has 0 atom stereocenters. The Hall–Kier alpha value is -1.15. The van der Waals surface area contributed by atoms with Gasteiger partial charge in [0.05, 0.1) is 11.3 Å². The van der Waals surface area contributed by atoms with Gasteiger partial charge in [0.1, 0.15) is 5.82 Å². The van der Waals surface area contributed by atoms with E-state index in [0.29, 0.717) is 31.0 Å². The lowest BCUT2D eigenvalue weighted by atomic mass is 10.1. The first-order chi connectivity index (χ1) is 11.6. The summed E-state index contributed by atoms with van der Waals surface area (Å²) in [6.07, 6.45) is 2.56. The van der Waals surface area contributed by atoms with E-state index in [4.69, 9.17) is 0 Å². The van der Waals surface area contributed by atoms with Gasteiger partial charge in [0, 0.05) is 23.8 Å². The fourth-order valence-corrected chi connectivity index (χ4v) is 2.57. The number of hydrogen-bond acceptors (Lipinski definition) is 3. The summed E-state index contributed by atoms with van der Waals surface area (Å²) in [5.74, 6) is 0.348. The van der Waals surface area contributed by atoms with Crippen LogP contribution in [0.4, 0.5) is 4.39 Å². The number of nitrogens with zero attached hydrogens (tertiary/aromatic N) is 1. The maximum absolute atomic E-state index is 13.8. The molecule has 8 heteroatoms. The van der Waals surface area contributed by atoms with E-state index in [-0.39, 0.29) is 12.4 Å². The highest BCUT2D eigenvalue weighted by molar-refractivity contribution is 9.10. The van der Waals surface area contributed by atoms with Crippen LogP contribution in [0.15, 0.2) is 27.7 Å². The Morgan fingerprint density at radius 3 is 2.56 bits per heavy atom. The highest BCUT2D eigenvalue weighted by Crippen LogP contribution is 2.16. The molecule has 0 saturated heterocycles. The number of sulfone groups is 1. The fourth-order valence-electron chi connectivity index (χ4n) is 1.94. The van der Waals surface area contributed by atoms with Crippen molar-refractivity contribution >= 4 is 31.7 Å². The number of halogens is 2. The molecule has 1 aromatic carbocycles. The average molecular weight is 436 g/mol. The minimum Gasteiger partial charge on any atom is -0.357 e. The fraction of sp³-hybridized carbons (Fsp3) is 0.588. The molecule has 25 heavy (non-hydrogen) atoms. The second kappa shape index (κ2) is 9.52. The molecule has 0 fully saturated rings. The van der Waals surface area contributed by atoms with E-state index in [2.05, 4.69) is 31.6 Å². The highest BCUT2D eigenvalue weighted by Gasteiger charge is 2.29. The van der Waals surface area contributed by atoms with Gasteiger partial charge in [0.25, 0.3) is 0 Å². The molecule has 1 rings (SSSR count). The van der Waals surface area contributed by atoms with Crippen molar-refractivity contribution in [2.24, 2.45) is 4.99 Å². The predicted molar refractivity (Wildman–Crippen MR) is 105 cm³/mol. The topological polar surface area (TPSA) is 70.6 Å². The molecule has 2 N–H and O–H groups in total. The van der Waals surface area contributed by atoms with Gasteiger partial charge in [-0.2, -0.15) is 0 Å². The van der Waals surface area contributed by atoms with Gasteiger partial charge in [0.15, 0.2) is 15.8 Å². The molecule has 0 aliphatic carbocycles. The van der Waals surface area contributed by atoms with Crippen molar-refractivity contribution in [2.45, 2.75) is 38.4 Å². The van der Waals surface area contributed by atoms with Crippen molar-refractivity contribution in [2.75, 3.05) is 25.9 Å². The summed E-state index contributed by atoms with van der Waals surface area (Å²) in [4.78, 5) is 4.36. The van der Waals surface area contributed by atoms with E-state index < -0.39 is 14.6 Å². The van der Waals surface area contributed by atoms with Crippen LogP contribution in [-0.2, 0) is 16.3 Å². The minimum atomic E-state index is -3.19. The molecule has 0 unspecified atom stereocenters. The van der Waals surface area contributed by atoms with E-state index in [0.717, 1.165) is 10.9 Å². The van der Waals surface area contributed by atoms with Gasteiger partial charge >= 0.3 is 0 Å². The van der Waals surface area contributed by atoms with Crippen LogP contribution in [0.1, 0.15) is 32.8 Å². The van der Waals surface area contributed by atoms with E-state index in [9.17, 15) is 12.8 Å². The first-order valence-electron chi connectivity index (χ1n) is 8.22. The van der Waals surface area contributed by atoms with Crippen LogP contribution in [-0.4, -0.2) is 45.0 Å². The zero-order chi connectivity index (χ0) is 19.1. The summed E-state index contributed by atoms with van der Waals surface area (Å²) < 4.78 is 37.1. The highest BCUT2D eigenvalue weighted by atomic mass is 79.9. The second-order valence-corrected chi connectivity index (χ2v) is 10.1. The van der Waals surface area contributed by atoms with Crippen LogP contribution in [0.25, 0.3) is 0 Å². The number of nitrogens with one attached hydrogen (secondary N) is 2. The van der Waals surface area contributed by atoms with Crippen LogP contribution in [0.5, 0.6) is 0 Å². The number of rotatable bonds is 8. The van der Waals surface area contributed by atoms with Crippen molar-refractivity contribution < 1.29 is 12.8 Å². The molecule has 142 valence electrons. The summed E-state index contributed by atoms with van der Waals surface area (Å²) in [5, 5.41) is 6.25. The normalized spacial score (nSPS) is 13.0. The zero-order valence-electron chi connectivity index (χ0n) is 15.2. The zero-order valence-corrected chi connectivity index (χ0v) is 17.6. The van der Waals surface area contributed by atoms with Gasteiger partial charge in [-0.1, -0.05) is 22.0 Å². The van der Waals surface area contributed by atoms with Gasteiger partial charge in [-0.25, -0.2) is 12.8 Å². The standard InChI is InChI=1S/C17H27BrFN3O2S/c1-5-20-16(22-12-17(2,3)25(4,23)24)21-10-6-7-13-8-9-14(18)11-15(13)19/h8-9,11H,5-7,10,12H2,1-4H3,(H2,20,21,22). The van der Waals surface area contributed by atoms with Crippen molar-refractivity contribution in [1.82, 2.24) is 10.6 Å². The van der Waals surface area contributed by atoms with E-state index >= 15 is 0 Å². The third-order valence-electron chi connectivity index (χ3n) is 3.90. The Labute approximate surface area is 158 Å². The first kappa shape index (κ1) is 21.9. The summed E-state index contributed by atoms with van der Waals surface area (Å²) in [7, 11) is -3.19. The SMILES string of the molecule is CCNC(=NCC(C)(C)S(C)(=O)=O)NCCCc1ccc(Br)cc1F. The summed E-state index contributed by atoms with van der Waals surface area (Å²) in [6.45, 7) is 6.71. The lowest BCUT2D eigenvalue weighted by Crippen LogP contribution is -2.41. The lowest BCUT2D eigenvalue weighted by molar-refractivity contribution is 0.554. The molecule has 0 aliphatic heterocycles. The average Bonchev–Trinajstić information content (AvgIpc) is 2.49. The molecule has 0 saturated carbocycles. The molecule has 1 aromatic rings. The van der Waals surface area contributed by atoms with Gasteiger partial charge in [-0.05, 0) is 51.3 Å². The van der Waals surface area contributed by atoms with Crippen LogP contribution in [0, 0.1) is 5.82 Å². The third kappa shape index (κ3) is 7.32. The van der Waals surface area contributed by atoms with Gasteiger partial charge in [-0.3, -0.25) is 4.99 Å². The minimum absolute atomic E-state index is 0.169.